The van der Waals surface area contributed by atoms with Crippen LogP contribution in [0.1, 0.15) is 5.76 Å². The Morgan fingerprint density at radius 2 is 1.91 bits per heavy atom. The summed E-state index contributed by atoms with van der Waals surface area (Å²) in [6.45, 7) is 2.01. The van der Waals surface area contributed by atoms with Gasteiger partial charge in [-0.2, -0.15) is 0 Å². The average molecular weight is 494 g/mol. The van der Waals surface area contributed by atoms with Gasteiger partial charge in [0.1, 0.15) is 18.1 Å². The number of benzene rings is 1. The highest BCUT2D eigenvalue weighted by molar-refractivity contribution is 14.0. The third kappa shape index (κ3) is 7.74. The standard InChI is InChI=1S/C16H20BrN3O2.HI/c1-18-16(19-9-8-14-3-2-11-21-14)20-10-12-22-15-6-4-13(17)5-7-15;/h2-7,11H,8-10,12H2,1H3,(H2,18,19,20);1H. The molecule has 0 aliphatic rings. The smallest absolute Gasteiger partial charge is 0.191 e. The second kappa shape index (κ2) is 11.3. The number of furan rings is 1. The third-order valence-corrected chi connectivity index (χ3v) is 3.47. The molecule has 7 heteroatoms. The van der Waals surface area contributed by atoms with E-state index in [1.807, 2.05) is 36.4 Å². The van der Waals surface area contributed by atoms with Crippen molar-refractivity contribution in [3.63, 3.8) is 0 Å². The normalized spacial score (nSPS) is 10.8. The second-order valence-corrected chi connectivity index (χ2v) is 5.47. The first kappa shape index (κ1) is 19.8. The Morgan fingerprint density at radius 3 is 2.57 bits per heavy atom. The lowest BCUT2D eigenvalue weighted by molar-refractivity contribution is 0.322. The van der Waals surface area contributed by atoms with Gasteiger partial charge in [0.25, 0.3) is 0 Å². The molecule has 0 saturated carbocycles. The molecule has 1 heterocycles. The summed E-state index contributed by atoms with van der Waals surface area (Å²) in [7, 11) is 1.75. The third-order valence-electron chi connectivity index (χ3n) is 2.94. The van der Waals surface area contributed by atoms with Crippen molar-refractivity contribution in [2.24, 2.45) is 4.99 Å². The fraction of sp³-hybridized carbons (Fsp3) is 0.312. The molecule has 5 nitrogen and oxygen atoms in total. The topological polar surface area (TPSA) is 58.8 Å². The van der Waals surface area contributed by atoms with Crippen LogP contribution in [0.5, 0.6) is 5.75 Å². The average Bonchev–Trinajstić information content (AvgIpc) is 3.04. The van der Waals surface area contributed by atoms with Gasteiger partial charge in [0.05, 0.1) is 12.8 Å². The Hall–Kier alpha value is -1.22. The van der Waals surface area contributed by atoms with Gasteiger partial charge in [-0.25, -0.2) is 0 Å². The fourth-order valence-electron chi connectivity index (χ4n) is 1.85. The summed E-state index contributed by atoms with van der Waals surface area (Å²) in [5, 5.41) is 6.44. The van der Waals surface area contributed by atoms with E-state index in [1.165, 1.54) is 0 Å². The van der Waals surface area contributed by atoms with Gasteiger partial charge >= 0.3 is 0 Å². The lowest BCUT2D eigenvalue weighted by atomic mass is 10.3. The minimum absolute atomic E-state index is 0. The maximum atomic E-state index is 5.64. The van der Waals surface area contributed by atoms with E-state index in [0.717, 1.165) is 34.9 Å². The van der Waals surface area contributed by atoms with Crippen LogP contribution in [0.3, 0.4) is 0 Å². The zero-order valence-electron chi connectivity index (χ0n) is 12.9. The van der Waals surface area contributed by atoms with Gasteiger partial charge < -0.3 is 19.8 Å². The van der Waals surface area contributed by atoms with Gasteiger partial charge in [0, 0.05) is 24.5 Å². The van der Waals surface area contributed by atoms with Gasteiger partial charge in [0.15, 0.2) is 5.96 Å². The van der Waals surface area contributed by atoms with Crippen LogP contribution >= 0.6 is 39.9 Å². The van der Waals surface area contributed by atoms with Gasteiger partial charge in [-0.15, -0.1) is 24.0 Å². The van der Waals surface area contributed by atoms with Gasteiger partial charge in [0.2, 0.25) is 0 Å². The molecular weight excluding hydrogens is 473 g/mol. The molecule has 0 bridgehead atoms. The zero-order chi connectivity index (χ0) is 15.6. The number of rotatable bonds is 7. The molecule has 126 valence electrons. The van der Waals surface area contributed by atoms with Crippen LogP contribution in [0.2, 0.25) is 0 Å². The molecule has 2 aromatic rings. The van der Waals surface area contributed by atoms with E-state index in [1.54, 1.807) is 13.3 Å². The lowest BCUT2D eigenvalue weighted by Crippen LogP contribution is -2.40. The highest BCUT2D eigenvalue weighted by Gasteiger charge is 1.99. The van der Waals surface area contributed by atoms with Crippen LogP contribution in [0, 0.1) is 0 Å². The Labute approximate surface area is 162 Å². The predicted octanol–water partition coefficient (Wildman–Crippen LogP) is 3.45. The molecule has 1 aromatic carbocycles. The summed E-state index contributed by atoms with van der Waals surface area (Å²) in [6.07, 6.45) is 2.50. The van der Waals surface area contributed by atoms with Crippen molar-refractivity contribution in [1.82, 2.24) is 10.6 Å². The van der Waals surface area contributed by atoms with Crippen LogP contribution in [0.15, 0.2) is 56.5 Å². The maximum absolute atomic E-state index is 5.64. The summed E-state index contributed by atoms with van der Waals surface area (Å²) in [6, 6.07) is 11.6. The Bertz CT molecular complexity index is 574. The van der Waals surface area contributed by atoms with Gasteiger partial charge in [-0.1, -0.05) is 15.9 Å². The molecule has 1 aromatic heterocycles. The van der Waals surface area contributed by atoms with Crippen molar-refractivity contribution in [2.75, 3.05) is 26.7 Å². The highest BCUT2D eigenvalue weighted by atomic mass is 127. The molecule has 2 N–H and O–H groups in total. The first-order chi connectivity index (χ1) is 10.8. The summed E-state index contributed by atoms with van der Waals surface area (Å²) < 4.78 is 12.0. The van der Waals surface area contributed by atoms with Crippen LogP contribution in [0.25, 0.3) is 0 Å². The number of halogens is 2. The number of nitrogens with zero attached hydrogens (tertiary/aromatic N) is 1. The van der Waals surface area contributed by atoms with Crippen LogP contribution in [-0.4, -0.2) is 32.7 Å². The van der Waals surface area contributed by atoms with E-state index in [2.05, 4.69) is 31.6 Å². The van der Waals surface area contributed by atoms with E-state index < -0.39 is 0 Å². The quantitative estimate of drug-likeness (QED) is 0.268. The van der Waals surface area contributed by atoms with Crippen molar-refractivity contribution in [3.05, 3.63) is 52.9 Å². The summed E-state index contributed by atoms with van der Waals surface area (Å²) in [5.41, 5.74) is 0. The molecule has 23 heavy (non-hydrogen) atoms. The highest BCUT2D eigenvalue weighted by Crippen LogP contribution is 2.15. The number of aliphatic imine (C=N–C) groups is 1. The van der Waals surface area contributed by atoms with Crippen molar-refractivity contribution >= 4 is 45.9 Å². The summed E-state index contributed by atoms with van der Waals surface area (Å²) in [5.74, 6) is 2.57. The molecule has 0 radical (unpaired) electrons. The molecule has 2 rings (SSSR count). The lowest BCUT2D eigenvalue weighted by Gasteiger charge is -2.12. The first-order valence-corrected chi connectivity index (χ1v) is 7.92. The Balaban J connectivity index is 0.00000264. The number of guanidine groups is 1. The Morgan fingerprint density at radius 1 is 1.17 bits per heavy atom. The number of hydrogen-bond donors (Lipinski definition) is 2. The van der Waals surface area contributed by atoms with E-state index >= 15 is 0 Å². The SMILES string of the molecule is CN=C(NCCOc1ccc(Br)cc1)NCCc1ccco1.I. The molecule has 0 unspecified atom stereocenters. The number of nitrogens with one attached hydrogen (secondary N) is 2. The second-order valence-electron chi connectivity index (χ2n) is 4.56. The minimum Gasteiger partial charge on any atom is -0.492 e. The molecule has 0 saturated heterocycles. The number of hydrogen-bond acceptors (Lipinski definition) is 3. The molecule has 0 aliphatic carbocycles. The molecule has 0 aliphatic heterocycles. The van der Waals surface area contributed by atoms with Crippen molar-refractivity contribution in [3.8, 4) is 5.75 Å². The van der Waals surface area contributed by atoms with E-state index in [9.17, 15) is 0 Å². The van der Waals surface area contributed by atoms with Crippen LogP contribution in [-0.2, 0) is 6.42 Å². The molecular formula is C16H21BrIN3O2. The predicted molar refractivity (Wildman–Crippen MR) is 107 cm³/mol. The molecule has 0 spiro atoms. The molecule has 0 atom stereocenters. The molecule has 0 amide bonds. The van der Waals surface area contributed by atoms with Crippen LogP contribution in [0.4, 0.5) is 0 Å². The largest absolute Gasteiger partial charge is 0.492 e. The minimum atomic E-state index is 0. The fourth-order valence-corrected chi connectivity index (χ4v) is 2.11. The van der Waals surface area contributed by atoms with Crippen molar-refractivity contribution < 1.29 is 9.15 Å². The van der Waals surface area contributed by atoms with Crippen molar-refractivity contribution in [1.29, 1.82) is 0 Å². The summed E-state index contributed by atoms with van der Waals surface area (Å²) in [4.78, 5) is 4.17. The maximum Gasteiger partial charge on any atom is 0.191 e. The van der Waals surface area contributed by atoms with Crippen LogP contribution < -0.4 is 15.4 Å². The van der Waals surface area contributed by atoms with E-state index in [-0.39, 0.29) is 24.0 Å². The zero-order valence-corrected chi connectivity index (χ0v) is 16.8. The molecule has 0 fully saturated rings. The van der Waals surface area contributed by atoms with Crippen molar-refractivity contribution in [2.45, 2.75) is 6.42 Å². The monoisotopic (exact) mass is 493 g/mol. The first-order valence-electron chi connectivity index (χ1n) is 7.13. The van der Waals surface area contributed by atoms with Gasteiger partial charge in [-0.05, 0) is 36.4 Å². The van der Waals surface area contributed by atoms with E-state index in [0.29, 0.717) is 13.2 Å². The van der Waals surface area contributed by atoms with E-state index in [4.69, 9.17) is 9.15 Å². The van der Waals surface area contributed by atoms with Gasteiger partial charge in [-0.3, -0.25) is 4.99 Å². The Kier molecular flexibility index (Phi) is 9.77. The number of ether oxygens (including phenoxy) is 1. The summed E-state index contributed by atoms with van der Waals surface area (Å²) >= 11 is 3.40.